The number of aliphatic carboxylic acids is 1. The van der Waals surface area contributed by atoms with Crippen molar-refractivity contribution in [2.24, 2.45) is 5.92 Å². The van der Waals surface area contributed by atoms with E-state index in [1.54, 1.807) is 11.6 Å². The van der Waals surface area contributed by atoms with Gasteiger partial charge < -0.3 is 5.11 Å². The largest absolute Gasteiger partial charge is 0.481 e. The van der Waals surface area contributed by atoms with Crippen LogP contribution in [0.4, 0.5) is 0 Å². The van der Waals surface area contributed by atoms with Crippen molar-refractivity contribution in [3.8, 4) is 0 Å². The third-order valence-electron chi connectivity index (χ3n) is 3.08. The number of tetrazole rings is 1. The second-order valence-corrected chi connectivity index (χ2v) is 5.09. The van der Waals surface area contributed by atoms with Crippen molar-refractivity contribution in [3.05, 3.63) is 40.7 Å². The SMILES string of the molecule is CC(CCn1nnnc1Cc1ccc(Cl)cc1)C(=O)O. The van der Waals surface area contributed by atoms with Crippen LogP contribution in [0.5, 0.6) is 0 Å². The van der Waals surface area contributed by atoms with Crippen molar-refractivity contribution < 1.29 is 9.90 Å². The van der Waals surface area contributed by atoms with E-state index in [0.29, 0.717) is 30.2 Å². The maximum atomic E-state index is 10.8. The van der Waals surface area contributed by atoms with E-state index in [4.69, 9.17) is 16.7 Å². The predicted molar refractivity (Wildman–Crippen MR) is 73.5 cm³/mol. The van der Waals surface area contributed by atoms with Crippen molar-refractivity contribution in [3.63, 3.8) is 0 Å². The predicted octanol–water partition coefficient (Wildman–Crippen LogP) is 2.03. The number of benzene rings is 1. The molecule has 0 aliphatic rings. The lowest BCUT2D eigenvalue weighted by atomic mass is 10.1. The average Bonchev–Trinajstić information content (AvgIpc) is 2.86. The first-order valence-corrected chi connectivity index (χ1v) is 6.66. The zero-order chi connectivity index (χ0) is 14.5. The molecule has 1 N–H and O–H groups in total. The van der Waals surface area contributed by atoms with Crippen molar-refractivity contribution in [1.29, 1.82) is 0 Å². The van der Waals surface area contributed by atoms with Gasteiger partial charge in [0.1, 0.15) is 0 Å². The lowest BCUT2D eigenvalue weighted by Gasteiger charge is -2.07. The molecule has 1 aromatic carbocycles. The molecule has 0 aliphatic heterocycles. The molecule has 0 saturated heterocycles. The van der Waals surface area contributed by atoms with Gasteiger partial charge in [-0.25, -0.2) is 4.68 Å². The first-order chi connectivity index (χ1) is 9.56. The number of aryl methyl sites for hydroxylation is 1. The first-order valence-electron chi connectivity index (χ1n) is 6.28. The summed E-state index contributed by atoms with van der Waals surface area (Å²) in [7, 11) is 0. The maximum Gasteiger partial charge on any atom is 0.306 e. The Morgan fingerprint density at radius 3 is 2.75 bits per heavy atom. The number of carbonyl (C=O) groups is 1. The third-order valence-corrected chi connectivity index (χ3v) is 3.33. The number of hydrogen-bond acceptors (Lipinski definition) is 4. The Morgan fingerprint density at radius 2 is 2.10 bits per heavy atom. The molecule has 7 heteroatoms. The number of carboxylic acid groups (broad SMARTS) is 1. The summed E-state index contributed by atoms with van der Waals surface area (Å²) in [5, 5.41) is 21.1. The molecule has 0 amide bonds. The van der Waals surface area contributed by atoms with Crippen LogP contribution in [0.2, 0.25) is 5.02 Å². The molecule has 2 aromatic rings. The molecule has 0 radical (unpaired) electrons. The molecule has 106 valence electrons. The van der Waals surface area contributed by atoms with Crippen LogP contribution in [0.3, 0.4) is 0 Å². The molecular weight excluding hydrogens is 280 g/mol. The average molecular weight is 295 g/mol. The smallest absolute Gasteiger partial charge is 0.306 e. The van der Waals surface area contributed by atoms with Crippen molar-refractivity contribution in [1.82, 2.24) is 20.2 Å². The number of hydrogen-bond donors (Lipinski definition) is 1. The van der Waals surface area contributed by atoms with Gasteiger partial charge in [0.05, 0.1) is 5.92 Å². The van der Waals surface area contributed by atoms with Crippen molar-refractivity contribution in [2.75, 3.05) is 0 Å². The third kappa shape index (κ3) is 3.77. The molecule has 2 rings (SSSR count). The van der Waals surface area contributed by atoms with Gasteiger partial charge >= 0.3 is 5.97 Å². The summed E-state index contributed by atoms with van der Waals surface area (Å²) < 4.78 is 1.65. The molecule has 0 bridgehead atoms. The van der Waals surface area contributed by atoms with Gasteiger partial charge in [-0.2, -0.15) is 0 Å². The van der Waals surface area contributed by atoms with Crippen LogP contribution >= 0.6 is 11.6 Å². The van der Waals surface area contributed by atoms with Crippen molar-refractivity contribution in [2.45, 2.75) is 26.3 Å². The van der Waals surface area contributed by atoms with E-state index in [-0.39, 0.29) is 0 Å². The summed E-state index contributed by atoms with van der Waals surface area (Å²) in [4.78, 5) is 10.8. The highest BCUT2D eigenvalue weighted by molar-refractivity contribution is 6.30. The lowest BCUT2D eigenvalue weighted by Crippen LogP contribution is -2.15. The highest BCUT2D eigenvalue weighted by atomic mass is 35.5. The molecule has 1 aromatic heterocycles. The molecule has 1 heterocycles. The molecule has 0 spiro atoms. The van der Waals surface area contributed by atoms with E-state index in [1.165, 1.54) is 0 Å². The fourth-order valence-corrected chi connectivity index (χ4v) is 1.87. The highest BCUT2D eigenvalue weighted by Gasteiger charge is 2.13. The minimum absolute atomic E-state index is 0.414. The fraction of sp³-hybridized carbons (Fsp3) is 0.385. The summed E-state index contributed by atoms with van der Waals surface area (Å²) >= 11 is 5.84. The van der Waals surface area contributed by atoms with Crippen LogP contribution in [0.1, 0.15) is 24.7 Å². The minimum Gasteiger partial charge on any atom is -0.481 e. The number of aromatic nitrogens is 4. The number of rotatable bonds is 6. The van der Waals surface area contributed by atoms with E-state index in [2.05, 4.69) is 15.5 Å². The number of carboxylic acids is 1. The van der Waals surface area contributed by atoms with Crippen molar-refractivity contribution >= 4 is 17.6 Å². The summed E-state index contributed by atoms with van der Waals surface area (Å²) in [6.07, 6.45) is 1.08. The quantitative estimate of drug-likeness (QED) is 0.881. The number of halogens is 1. The Morgan fingerprint density at radius 1 is 1.40 bits per heavy atom. The van der Waals surface area contributed by atoms with E-state index >= 15 is 0 Å². The Kier molecular flexibility index (Phi) is 4.68. The monoisotopic (exact) mass is 294 g/mol. The van der Waals surface area contributed by atoms with E-state index < -0.39 is 11.9 Å². The zero-order valence-electron chi connectivity index (χ0n) is 11.0. The van der Waals surface area contributed by atoms with E-state index in [0.717, 1.165) is 5.56 Å². The maximum absolute atomic E-state index is 10.8. The topological polar surface area (TPSA) is 80.9 Å². The second-order valence-electron chi connectivity index (χ2n) is 4.65. The van der Waals surface area contributed by atoms with Gasteiger partial charge in [-0.3, -0.25) is 4.79 Å². The first kappa shape index (κ1) is 14.5. The van der Waals surface area contributed by atoms with Gasteiger partial charge in [-0.05, 0) is 34.5 Å². The van der Waals surface area contributed by atoms with Gasteiger partial charge in [-0.1, -0.05) is 30.7 Å². The van der Waals surface area contributed by atoms with E-state index in [9.17, 15) is 4.79 Å². The Labute approximate surface area is 121 Å². The van der Waals surface area contributed by atoms with Crippen LogP contribution in [-0.4, -0.2) is 31.3 Å². The number of nitrogens with zero attached hydrogens (tertiary/aromatic N) is 4. The normalized spacial score (nSPS) is 12.3. The molecule has 20 heavy (non-hydrogen) atoms. The molecular formula is C13H15ClN4O2. The summed E-state index contributed by atoms with van der Waals surface area (Å²) in [5.41, 5.74) is 1.05. The van der Waals surface area contributed by atoms with Crippen LogP contribution in [0.25, 0.3) is 0 Å². The van der Waals surface area contributed by atoms with Crippen LogP contribution in [0.15, 0.2) is 24.3 Å². The molecule has 0 aliphatic carbocycles. The zero-order valence-corrected chi connectivity index (χ0v) is 11.8. The molecule has 6 nitrogen and oxygen atoms in total. The van der Waals surface area contributed by atoms with Crippen LogP contribution in [0, 0.1) is 5.92 Å². The Hall–Kier alpha value is -1.95. The standard InChI is InChI=1S/C13H15ClN4O2/c1-9(13(19)20)6-7-18-12(15-16-17-18)8-10-2-4-11(14)5-3-10/h2-5,9H,6-8H2,1H3,(H,19,20). The Balaban J connectivity index is 2.01. The minimum atomic E-state index is -0.808. The molecule has 1 unspecified atom stereocenters. The van der Waals surface area contributed by atoms with Crippen LogP contribution < -0.4 is 0 Å². The van der Waals surface area contributed by atoms with Gasteiger partial charge in [0.2, 0.25) is 0 Å². The fourth-order valence-electron chi connectivity index (χ4n) is 1.75. The molecule has 0 saturated carbocycles. The summed E-state index contributed by atoms with van der Waals surface area (Å²) in [6.45, 7) is 2.16. The van der Waals surface area contributed by atoms with Gasteiger partial charge in [0, 0.05) is 18.0 Å². The lowest BCUT2D eigenvalue weighted by molar-refractivity contribution is -0.141. The molecule has 1 atom stereocenters. The highest BCUT2D eigenvalue weighted by Crippen LogP contribution is 2.13. The summed E-state index contributed by atoms with van der Waals surface area (Å²) in [6, 6.07) is 7.47. The second kappa shape index (κ2) is 6.47. The van der Waals surface area contributed by atoms with Crippen LogP contribution in [-0.2, 0) is 17.8 Å². The van der Waals surface area contributed by atoms with E-state index in [1.807, 2.05) is 24.3 Å². The van der Waals surface area contributed by atoms with Gasteiger partial charge in [0.25, 0.3) is 0 Å². The summed E-state index contributed by atoms with van der Waals surface area (Å²) in [5.74, 6) is -0.509. The van der Waals surface area contributed by atoms with Gasteiger partial charge in [0.15, 0.2) is 5.82 Å². The Bertz CT molecular complexity index is 582. The van der Waals surface area contributed by atoms with Gasteiger partial charge in [-0.15, -0.1) is 5.10 Å². The molecule has 0 fully saturated rings.